The second-order valence-electron chi connectivity index (χ2n) is 2.27. The van der Waals surface area contributed by atoms with E-state index < -0.39 is 0 Å². The summed E-state index contributed by atoms with van der Waals surface area (Å²) < 4.78 is 5.27. The molecule has 1 heteroatoms. The number of hydrogen-bond donors (Lipinski definition) is 0. The molecule has 0 aromatic heterocycles. The molecule has 0 aliphatic rings. The summed E-state index contributed by atoms with van der Waals surface area (Å²) in [7, 11) is 0. The van der Waals surface area contributed by atoms with Crippen LogP contribution in [-0.4, -0.2) is 6.61 Å². The van der Waals surface area contributed by atoms with Gasteiger partial charge in [0.25, 0.3) is 0 Å². The van der Waals surface area contributed by atoms with Crippen molar-refractivity contribution in [3.8, 4) is 18.1 Å². The highest BCUT2D eigenvalue weighted by molar-refractivity contribution is 5.36. The van der Waals surface area contributed by atoms with Crippen molar-refractivity contribution in [3.63, 3.8) is 0 Å². The molecule has 1 rings (SSSR count). The fourth-order valence-electron chi connectivity index (χ4n) is 0.803. The van der Waals surface area contributed by atoms with Gasteiger partial charge in [-0.1, -0.05) is 32.4 Å². The maximum absolute atomic E-state index is 5.27. The zero-order valence-electron chi connectivity index (χ0n) is 8.79. The van der Waals surface area contributed by atoms with Gasteiger partial charge in [-0.2, -0.15) is 0 Å². The van der Waals surface area contributed by atoms with Crippen molar-refractivity contribution in [3.05, 3.63) is 42.5 Å². The molecule has 0 radical (unpaired) electrons. The van der Waals surface area contributed by atoms with E-state index in [0.29, 0.717) is 6.61 Å². The normalized spacial score (nSPS) is 7.79. The Morgan fingerprint density at radius 3 is 2.36 bits per heavy atom. The van der Waals surface area contributed by atoms with Crippen molar-refractivity contribution in [2.75, 3.05) is 6.61 Å². The summed E-state index contributed by atoms with van der Waals surface area (Å²) in [6.45, 7) is 8.08. The first kappa shape index (κ1) is 12.3. The molecule has 0 amide bonds. The zero-order valence-corrected chi connectivity index (χ0v) is 8.79. The third-order valence-corrected chi connectivity index (χ3v) is 1.39. The molecule has 1 nitrogen and oxygen atoms in total. The van der Waals surface area contributed by atoms with Crippen LogP contribution in [0.5, 0.6) is 5.75 Å². The summed E-state index contributed by atoms with van der Waals surface area (Å²) in [5, 5.41) is 0. The number of benzene rings is 1. The maximum atomic E-state index is 5.27. The lowest BCUT2D eigenvalue weighted by molar-refractivity contribution is 0.363. The average Bonchev–Trinajstić information content (AvgIpc) is 2.30. The third-order valence-electron chi connectivity index (χ3n) is 1.39. The molecule has 0 aliphatic heterocycles. The lowest BCUT2D eigenvalue weighted by Crippen LogP contribution is -1.91. The number of hydrogen-bond acceptors (Lipinski definition) is 1. The minimum absolute atomic E-state index is 0.523. The van der Waals surface area contributed by atoms with Crippen LogP contribution in [0.25, 0.3) is 0 Å². The second kappa shape index (κ2) is 7.94. The van der Waals surface area contributed by atoms with Gasteiger partial charge in [-0.05, 0) is 24.3 Å². The van der Waals surface area contributed by atoms with E-state index in [0.717, 1.165) is 11.3 Å². The Labute approximate surface area is 86.4 Å². The van der Waals surface area contributed by atoms with Crippen LogP contribution in [0.1, 0.15) is 19.4 Å². The van der Waals surface area contributed by atoms with Gasteiger partial charge in [-0.25, -0.2) is 0 Å². The minimum Gasteiger partial charge on any atom is -0.490 e. The fourth-order valence-corrected chi connectivity index (χ4v) is 0.803. The highest BCUT2D eigenvalue weighted by Gasteiger charge is 1.90. The lowest BCUT2D eigenvalue weighted by Gasteiger charge is -2.01. The van der Waals surface area contributed by atoms with E-state index in [2.05, 4.69) is 12.5 Å². The molecule has 1 aromatic rings. The summed E-state index contributed by atoms with van der Waals surface area (Å²) >= 11 is 0. The van der Waals surface area contributed by atoms with Gasteiger partial charge in [0, 0.05) is 5.56 Å². The van der Waals surface area contributed by atoms with Crippen molar-refractivity contribution in [2.45, 2.75) is 13.8 Å². The summed E-state index contributed by atoms with van der Waals surface area (Å²) in [5.74, 6) is 3.35. The van der Waals surface area contributed by atoms with Crippen molar-refractivity contribution < 1.29 is 4.74 Å². The molecule has 0 aliphatic carbocycles. The molecule has 0 unspecified atom stereocenters. The van der Waals surface area contributed by atoms with Crippen molar-refractivity contribution >= 4 is 0 Å². The van der Waals surface area contributed by atoms with Crippen molar-refractivity contribution in [1.29, 1.82) is 0 Å². The van der Waals surface area contributed by atoms with E-state index in [4.69, 9.17) is 11.2 Å². The maximum Gasteiger partial charge on any atom is 0.119 e. The van der Waals surface area contributed by atoms with E-state index in [1.165, 1.54) is 0 Å². The molecule has 0 bridgehead atoms. The summed E-state index contributed by atoms with van der Waals surface area (Å²) in [6, 6.07) is 7.38. The topological polar surface area (TPSA) is 9.23 Å². The molecule has 1 aromatic carbocycles. The molecule has 0 saturated carbocycles. The first-order chi connectivity index (χ1) is 6.86. The summed E-state index contributed by atoms with van der Waals surface area (Å²) in [4.78, 5) is 0. The Morgan fingerprint density at radius 1 is 1.36 bits per heavy atom. The molecule has 14 heavy (non-hydrogen) atoms. The van der Waals surface area contributed by atoms with Gasteiger partial charge >= 0.3 is 0 Å². The smallest absolute Gasteiger partial charge is 0.119 e. The van der Waals surface area contributed by atoms with Gasteiger partial charge in [0.1, 0.15) is 12.4 Å². The molecular weight excluding hydrogens is 172 g/mol. The number of rotatable bonds is 3. The molecular formula is C13H16O. The molecule has 0 heterocycles. The second-order valence-corrected chi connectivity index (χ2v) is 2.27. The highest BCUT2D eigenvalue weighted by Crippen LogP contribution is 2.10. The molecule has 0 saturated heterocycles. The van der Waals surface area contributed by atoms with Crippen LogP contribution in [0.2, 0.25) is 0 Å². The summed E-state index contributed by atoms with van der Waals surface area (Å²) in [6.07, 6.45) is 6.90. The Balaban J connectivity index is 0.000000791. The van der Waals surface area contributed by atoms with Crippen LogP contribution in [0.4, 0.5) is 0 Å². The van der Waals surface area contributed by atoms with E-state index in [1.807, 2.05) is 38.1 Å². The van der Waals surface area contributed by atoms with E-state index >= 15 is 0 Å². The quantitative estimate of drug-likeness (QED) is 0.522. The first-order valence-corrected chi connectivity index (χ1v) is 4.67. The summed E-state index contributed by atoms with van der Waals surface area (Å²) in [5.41, 5.74) is 0.862. The van der Waals surface area contributed by atoms with Crippen LogP contribution >= 0.6 is 0 Å². The van der Waals surface area contributed by atoms with Gasteiger partial charge in [0.15, 0.2) is 0 Å². The molecule has 0 atom stereocenters. The van der Waals surface area contributed by atoms with Gasteiger partial charge in [-0.3, -0.25) is 0 Å². The van der Waals surface area contributed by atoms with E-state index in [-0.39, 0.29) is 0 Å². The van der Waals surface area contributed by atoms with Crippen LogP contribution in [0.3, 0.4) is 0 Å². The fraction of sp³-hybridized carbons (Fsp3) is 0.231. The largest absolute Gasteiger partial charge is 0.490 e. The van der Waals surface area contributed by atoms with Crippen LogP contribution in [-0.2, 0) is 0 Å². The Morgan fingerprint density at radius 2 is 1.93 bits per heavy atom. The lowest BCUT2D eigenvalue weighted by atomic mass is 10.2. The minimum atomic E-state index is 0.523. The zero-order chi connectivity index (χ0) is 10.8. The molecule has 0 N–H and O–H groups in total. The SMILES string of the molecule is C#Cc1ccc(OCC=C)cc1.CC. The van der Waals surface area contributed by atoms with Crippen LogP contribution < -0.4 is 4.74 Å². The predicted octanol–water partition coefficient (Wildman–Crippen LogP) is 3.26. The van der Waals surface area contributed by atoms with Gasteiger partial charge in [-0.15, -0.1) is 6.42 Å². The Kier molecular flexibility index (Phi) is 6.99. The highest BCUT2D eigenvalue weighted by atomic mass is 16.5. The van der Waals surface area contributed by atoms with Gasteiger partial charge in [0.2, 0.25) is 0 Å². The monoisotopic (exact) mass is 188 g/mol. The molecule has 0 fully saturated rings. The number of terminal acetylenes is 1. The van der Waals surface area contributed by atoms with Crippen LogP contribution in [0, 0.1) is 12.3 Å². The van der Waals surface area contributed by atoms with Crippen molar-refractivity contribution in [2.24, 2.45) is 0 Å². The molecule has 74 valence electrons. The molecule has 0 spiro atoms. The van der Waals surface area contributed by atoms with Gasteiger partial charge < -0.3 is 4.74 Å². The van der Waals surface area contributed by atoms with E-state index in [9.17, 15) is 0 Å². The third kappa shape index (κ3) is 4.37. The Hall–Kier alpha value is -1.68. The average molecular weight is 188 g/mol. The van der Waals surface area contributed by atoms with Crippen LogP contribution in [0.15, 0.2) is 36.9 Å². The predicted molar refractivity (Wildman–Crippen MR) is 61.4 cm³/mol. The van der Waals surface area contributed by atoms with Gasteiger partial charge in [0.05, 0.1) is 0 Å². The van der Waals surface area contributed by atoms with Crippen molar-refractivity contribution in [1.82, 2.24) is 0 Å². The van der Waals surface area contributed by atoms with E-state index in [1.54, 1.807) is 6.08 Å². The Bertz CT molecular complexity index is 290. The standard InChI is InChI=1S/C11H10O.C2H6/c1-3-9-12-11-7-5-10(4-2)6-8-11;1-2/h2-3,5-8H,1,9H2;1-2H3. The first-order valence-electron chi connectivity index (χ1n) is 4.67. The number of ether oxygens (including phenoxy) is 1.